The SMILES string of the molecule is CC.CC(=O)Oc1ccc(OCCCOc2ccc(C3=NNC(=O)CC3)cc2Cl)cc1. The maximum absolute atomic E-state index is 11.2. The van der Waals surface area contributed by atoms with Crippen molar-refractivity contribution in [2.45, 2.75) is 40.0 Å². The van der Waals surface area contributed by atoms with Gasteiger partial charge < -0.3 is 14.2 Å². The van der Waals surface area contributed by atoms with Gasteiger partial charge in [0, 0.05) is 26.2 Å². The minimum absolute atomic E-state index is 0.0812. The number of benzene rings is 2. The molecule has 0 radical (unpaired) electrons. The number of rotatable bonds is 8. The van der Waals surface area contributed by atoms with E-state index in [2.05, 4.69) is 10.5 Å². The third-order valence-corrected chi connectivity index (χ3v) is 4.37. The number of nitrogens with one attached hydrogen (secondary N) is 1. The molecule has 0 unspecified atom stereocenters. The molecule has 1 heterocycles. The van der Waals surface area contributed by atoms with Gasteiger partial charge in [0.1, 0.15) is 17.2 Å². The van der Waals surface area contributed by atoms with Crippen LogP contribution in [-0.4, -0.2) is 30.8 Å². The zero-order chi connectivity index (χ0) is 22.6. The predicted octanol–water partition coefficient (Wildman–Crippen LogP) is 4.75. The van der Waals surface area contributed by atoms with Crippen molar-refractivity contribution in [3.05, 3.63) is 53.1 Å². The highest BCUT2D eigenvalue weighted by Crippen LogP contribution is 2.27. The monoisotopic (exact) mass is 446 g/mol. The number of hydrazone groups is 1. The van der Waals surface area contributed by atoms with E-state index in [1.807, 2.05) is 19.9 Å². The van der Waals surface area contributed by atoms with Crippen molar-refractivity contribution < 1.29 is 23.8 Å². The lowest BCUT2D eigenvalue weighted by atomic mass is 10.0. The normalized spacial score (nSPS) is 12.6. The molecule has 0 atom stereocenters. The fraction of sp³-hybridized carbons (Fsp3) is 0.348. The number of nitrogens with zero attached hydrogens (tertiary/aromatic N) is 1. The van der Waals surface area contributed by atoms with Crippen LogP contribution in [0.2, 0.25) is 5.02 Å². The predicted molar refractivity (Wildman–Crippen MR) is 120 cm³/mol. The zero-order valence-corrected chi connectivity index (χ0v) is 18.7. The maximum Gasteiger partial charge on any atom is 0.308 e. The largest absolute Gasteiger partial charge is 0.493 e. The smallest absolute Gasteiger partial charge is 0.308 e. The van der Waals surface area contributed by atoms with E-state index in [1.165, 1.54) is 6.92 Å². The molecule has 1 aliphatic rings. The van der Waals surface area contributed by atoms with Crippen molar-refractivity contribution in [2.24, 2.45) is 5.10 Å². The van der Waals surface area contributed by atoms with Crippen molar-refractivity contribution in [2.75, 3.05) is 13.2 Å². The molecule has 1 N–H and O–H groups in total. The molecule has 0 bridgehead atoms. The van der Waals surface area contributed by atoms with Crippen LogP contribution in [0, 0.1) is 0 Å². The van der Waals surface area contributed by atoms with Gasteiger partial charge in [-0.3, -0.25) is 9.59 Å². The van der Waals surface area contributed by atoms with Gasteiger partial charge >= 0.3 is 5.97 Å². The Morgan fingerprint density at radius 3 is 2.32 bits per heavy atom. The van der Waals surface area contributed by atoms with Gasteiger partial charge in [0.2, 0.25) is 5.91 Å². The number of ether oxygens (including phenoxy) is 3. The van der Waals surface area contributed by atoms with Crippen LogP contribution in [0.4, 0.5) is 0 Å². The van der Waals surface area contributed by atoms with Crippen LogP contribution >= 0.6 is 11.6 Å². The van der Waals surface area contributed by atoms with Crippen LogP contribution in [0.25, 0.3) is 0 Å². The number of carbonyl (C=O) groups excluding carboxylic acids is 2. The van der Waals surface area contributed by atoms with E-state index in [-0.39, 0.29) is 11.9 Å². The van der Waals surface area contributed by atoms with Crippen LogP contribution in [0.3, 0.4) is 0 Å². The van der Waals surface area contributed by atoms with Crippen LogP contribution in [-0.2, 0) is 9.59 Å². The first-order chi connectivity index (χ1) is 15.0. The lowest BCUT2D eigenvalue weighted by Gasteiger charge is -2.14. The average Bonchev–Trinajstić information content (AvgIpc) is 2.77. The van der Waals surface area contributed by atoms with Gasteiger partial charge in [0.25, 0.3) is 0 Å². The molecule has 0 saturated heterocycles. The Morgan fingerprint density at radius 1 is 1.03 bits per heavy atom. The second kappa shape index (κ2) is 12.6. The van der Waals surface area contributed by atoms with Crippen LogP contribution in [0.15, 0.2) is 47.6 Å². The Labute approximate surface area is 187 Å². The summed E-state index contributed by atoms with van der Waals surface area (Å²) in [6.45, 7) is 6.27. The molecule has 1 aliphatic heterocycles. The van der Waals surface area contributed by atoms with E-state index >= 15 is 0 Å². The third-order valence-electron chi connectivity index (χ3n) is 4.07. The van der Waals surface area contributed by atoms with Crippen LogP contribution < -0.4 is 19.6 Å². The van der Waals surface area contributed by atoms with Gasteiger partial charge in [-0.25, -0.2) is 5.43 Å². The quantitative estimate of drug-likeness (QED) is 0.359. The van der Waals surface area contributed by atoms with Crippen molar-refractivity contribution >= 4 is 29.2 Å². The molecule has 0 aliphatic carbocycles. The molecule has 2 aromatic carbocycles. The Bertz CT molecular complexity index is 913. The summed E-state index contributed by atoms with van der Waals surface area (Å²) < 4.78 is 16.3. The maximum atomic E-state index is 11.2. The standard InChI is InChI=1S/C21H21ClN2O5.C2H6/c1-14(25)29-17-6-4-16(5-7-17)27-11-2-12-28-20-9-3-15(13-18(20)22)19-8-10-21(26)24-23-19;1-2/h3-7,9,13H,2,8,10-12H2,1H3,(H,24,26);1-2H3. The van der Waals surface area contributed by atoms with Crippen molar-refractivity contribution in [3.8, 4) is 17.2 Å². The highest BCUT2D eigenvalue weighted by Gasteiger charge is 2.14. The second-order valence-electron chi connectivity index (χ2n) is 6.35. The number of hydrogen-bond donors (Lipinski definition) is 1. The summed E-state index contributed by atoms with van der Waals surface area (Å²) >= 11 is 6.30. The van der Waals surface area contributed by atoms with Crippen LogP contribution in [0.5, 0.6) is 17.2 Å². The van der Waals surface area contributed by atoms with Gasteiger partial charge in [-0.05, 0) is 48.0 Å². The molecule has 1 amide bonds. The number of carbonyl (C=O) groups is 2. The number of amides is 1. The Kier molecular flexibility index (Phi) is 9.84. The zero-order valence-electron chi connectivity index (χ0n) is 17.9. The molecular weight excluding hydrogens is 420 g/mol. The van der Waals surface area contributed by atoms with Gasteiger partial charge in [-0.2, -0.15) is 5.10 Å². The summed E-state index contributed by atoms with van der Waals surface area (Å²) in [5.74, 6) is 1.31. The topological polar surface area (TPSA) is 86.2 Å². The number of esters is 1. The Balaban J connectivity index is 0.00000166. The van der Waals surface area contributed by atoms with Gasteiger partial charge in [0.05, 0.1) is 23.9 Å². The Morgan fingerprint density at radius 2 is 1.71 bits per heavy atom. The average molecular weight is 447 g/mol. The molecule has 166 valence electrons. The highest BCUT2D eigenvalue weighted by atomic mass is 35.5. The summed E-state index contributed by atoms with van der Waals surface area (Å²) in [7, 11) is 0. The van der Waals surface area contributed by atoms with E-state index in [0.29, 0.717) is 54.7 Å². The van der Waals surface area contributed by atoms with Crippen molar-refractivity contribution in [3.63, 3.8) is 0 Å². The molecular formula is C23H27ClN2O5. The lowest BCUT2D eigenvalue weighted by Crippen LogP contribution is -2.25. The minimum atomic E-state index is -0.360. The van der Waals surface area contributed by atoms with Crippen LogP contribution in [0.1, 0.15) is 45.6 Å². The number of hydrogen-bond acceptors (Lipinski definition) is 6. The molecule has 31 heavy (non-hydrogen) atoms. The summed E-state index contributed by atoms with van der Waals surface area (Å²) in [6.07, 6.45) is 1.67. The fourth-order valence-electron chi connectivity index (χ4n) is 2.68. The van der Waals surface area contributed by atoms with Crippen molar-refractivity contribution in [1.82, 2.24) is 5.43 Å². The van der Waals surface area contributed by atoms with Gasteiger partial charge in [0.15, 0.2) is 0 Å². The molecule has 0 fully saturated rings. The second-order valence-corrected chi connectivity index (χ2v) is 6.76. The molecule has 0 spiro atoms. The fourth-order valence-corrected chi connectivity index (χ4v) is 2.92. The highest BCUT2D eigenvalue weighted by molar-refractivity contribution is 6.32. The molecule has 7 nitrogen and oxygen atoms in total. The summed E-state index contributed by atoms with van der Waals surface area (Å²) in [6, 6.07) is 12.3. The molecule has 3 rings (SSSR count). The van der Waals surface area contributed by atoms with E-state index < -0.39 is 0 Å². The number of halogens is 1. The van der Waals surface area contributed by atoms with E-state index in [0.717, 1.165) is 11.3 Å². The summed E-state index contributed by atoms with van der Waals surface area (Å²) in [5.41, 5.74) is 4.14. The molecule has 0 aromatic heterocycles. The first kappa shape index (κ1) is 24.2. The third kappa shape index (κ3) is 7.94. The van der Waals surface area contributed by atoms with Gasteiger partial charge in [-0.1, -0.05) is 25.4 Å². The van der Waals surface area contributed by atoms with E-state index in [9.17, 15) is 9.59 Å². The van der Waals surface area contributed by atoms with Gasteiger partial charge in [-0.15, -0.1) is 0 Å². The first-order valence-electron chi connectivity index (χ1n) is 10.2. The Hall–Kier alpha value is -3.06. The summed E-state index contributed by atoms with van der Waals surface area (Å²) in [5, 5.41) is 4.55. The van der Waals surface area contributed by atoms with E-state index in [4.69, 9.17) is 25.8 Å². The minimum Gasteiger partial charge on any atom is -0.493 e. The van der Waals surface area contributed by atoms with E-state index in [1.54, 1.807) is 36.4 Å². The first-order valence-corrected chi connectivity index (χ1v) is 10.6. The lowest BCUT2D eigenvalue weighted by molar-refractivity contribution is -0.131. The molecule has 8 heteroatoms. The molecule has 2 aromatic rings. The van der Waals surface area contributed by atoms with Crippen molar-refractivity contribution in [1.29, 1.82) is 0 Å². The summed E-state index contributed by atoms with van der Waals surface area (Å²) in [4.78, 5) is 22.1. The molecule has 0 saturated carbocycles.